The molecule has 0 radical (unpaired) electrons. The molecular formula is C10H17NO4S. The van der Waals surface area contributed by atoms with Crippen LogP contribution in [0.15, 0.2) is 0 Å². The van der Waals surface area contributed by atoms with Gasteiger partial charge < -0.3 is 14.7 Å². The molecule has 1 atom stereocenters. The van der Waals surface area contributed by atoms with Crippen molar-refractivity contribution >= 4 is 23.6 Å². The number of carboxylic acid groups (broad SMARTS) is 1. The highest BCUT2D eigenvalue weighted by Crippen LogP contribution is 2.09. The van der Waals surface area contributed by atoms with Crippen LogP contribution in [0.3, 0.4) is 0 Å². The lowest BCUT2D eigenvalue weighted by atomic mass is 10.3. The third kappa shape index (κ3) is 4.85. The summed E-state index contributed by atoms with van der Waals surface area (Å²) in [6.45, 7) is 3.81. The highest BCUT2D eigenvalue weighted by atomic mass is 32.2. The molecule has 0 aromatic heterocycles. The van der Waals surface area contributed by atoms with Crippen LogP contribution in [0.1, 0.15) is 13.3 Å². The Labute approximate surface area is 99.1 Å². The van der Waals surface area contributed by atoms with Crippen LogP contribution in [0.4, 0.5) is 0 Å². The number of carbonyl (C=O) groups is 2. The summed E-state index contributed by atoms with van der Waals surface area (Å²) in [6.07, 6.45) is 0.207. The van der Waals surface area contributed by atoms with Gasteiger partial charge in [0.2, 0.25) is 5.91 Å². The highest BCUT2D eigenvalue weighted by Gasteiger charge is 2.20. The van der Waals surface area contributed by atoms with Gasteiger partial charge in [0.15, 0.2) is 0 Å². The molecule has 16 heavy (non-hydrogen) atoms. The van der Waals surface area contributed by atoms with Crippen LogP contribution < -0.4 is 0 Å². The van der Waals surface area contributed by atoms with Crippen LogP contribution in [-0.2, 0) is 14.3 Å². The number of morpholine rings is 1. The predicted octanol–water partition coefficient (Wildman–Crippen LogP) is 0.442. The van der Waals surface area contributed by atoms with Crippen molar-refractivity contribution in [2.75, 3.05) is 31.2 Å². The normalized spacial score (nSPS) is 20.8. The van der Waals surface area contributed by atoms with E-state index in [-0.39, 0.29) is 18.4 Å². The first kappa shape index (κ1) is 13.3. The van der Waals surface area contributed by atoms with Crippen LogP contribution in [0.5, 0.6) is 0 Å². The standard InChI is InChI=1S/C10H17NO4S/c1-8-6-11(3-4-15-8)9(12)7-16-5-2-10(13)14/h8H,2-7H2,1H3,(H,13,14). The van der Waals surface area contributed by atoms with Crippen LogP contribution in [-0.4, -0.2) is 59.2 Å². The van der Waals surface area contributed by atoms with Crippen molar-refractivity contribution in [3.8, 4) is 0 Å². The van der Waals surface area contributed by atoms with Gasteiger partial charge in [-0.15, -0.1) is 0 Å². The summed E-state index contributed by atoms with van der Waals surface area (Å²) in [5.74, 6) is 0.103. The van der Waals surface area contributed by atoms with Gasteiger partial charge >= 0.3 is 5.97 Å². The first-order valence-electron chi connectivity index (χ1n) is 5.28. The Balaban J connectivity index is 2.16. The summed E-state index contributed by atoms with van der Waals surface area (Å²) in [7, 11) is 0. The van der Waals surface area contributed by atoms with Gasteiger partial charge in [-0.2, -0.15) is 11.8 Å². The summed E-state index contributed by atoms with van der Waals surface area (Å²) in [4.78, 5) is 23.7. The van der Waals surface area contributed by atoms with Crippen LogP contribution in [0.25, 0.3) is 0 Å². The number of amides is 1. The van der Waals surface area contributed by atoms with Gasteiger partial charge in [0.1, 0.15) is 0 Å². The molecule has 0 aromatic carbocycles. The van der Waals surface area contributed by atoms with Crippen molar-refractivity contribution in [3.63, 3.8) is 0 Å². The molecule has 1 heterocycles. The third-order valence-corrected chi connectivity index (χ3v) is 3.22. The molecule has 5 nitrogen and oxygen atoms in total. The monoisotopic (exact) mass is 247 g/mol. The zero-order chi connectivity index (χ0) is 12.0. The maximum Gasteiger partial charge on any atom is 0.304 e. The second kappa shape index (κ2) is 6.75. The Morgan fingerprint density at radius 2 is 2.31 bits per heavy atom. The number of hydrogen-bond acceptors (Lipinski definition) is 4. The molecule has 1 aliphatic heterocycles. The van der Waals surface area contributed by atoms with Crippen molar-refractivity contribution in [1.29, 1.82) is 0 Å². The largest absolute Gasteiger partial charge is 0.481 e. The summed E-state index contributed by atoms with van der Waals surface area (Å²) < 4.78 is 5.34. The van der Waals surface area contributed by atoms with Crippen molar-refractivity contribution < 1.29 is 19.4 Å². The second-order valence-corrected chi connectivity index (χ2v) is 4.82. The predicted molar refractivity (Wildman–Crippen MR) is 61.6 cm³/mol. The van der Waals surface area contributed by atoms with Gasteiger partial charge in [0.05, 0.1) is 24.9 Å². The summed E-state index contributed by atoms with van der Waals surface area (Å²) in [5.41, 5.74) is 0. The molecular weight excluding hydrogens is 230 g/mol. The molecule has 0 spiro atoms. The first-order valence-corrected chi connectivity index (χ1v) is 6.44. The minimum atomic E-state index is -0.819. The molecule has 1 N–H and O–H groups in total. The fourth-order valence-corrected chi connectivity index (χ4v) is 2.28. The molecule has 1 rings (SSSR count). The van der Waals surface area contributed by atoms with Crippen LogP contribution in [0, 0.1) is 0 Å². The lowest BCUT2D eigenvalue weighted by Crippen LogP contribution is -2.45. The van der Waals surface area contributed by atoms with E-state index in [0.29, 0.717) is 31.2 Å². The van der Waals surface area contributed by atoms with E-state index in [1.807, 2.05) is 6.92 Å². The Bertz CT molecular complexity index is 259. The molecule has 1 aliphatic rings. The van der Waals surface area contributed by atoms with E-state index in [0.717, 1.165) is 0 Å². The third-order valence-electron chi connectivity index (χ3n) is 2.28. The lowest BCUT2D eigenvalue weighted by molar-refractivity contribution is -0.137. The first-order chi connectivity index (χ1) is 7.59. The van der Waals surface area contributed by atoms with Crippen molar-refractivity contribution in [2.24, 2.45) is 0 Å². The summed E-state index contributed by atoms with van der Waals surface area (Å²) >= 11 is 1.37. The average molecular weight is 247 g/mol. The van der Waals surface area contributed by atoms with Gasteiger partial charge in [0, 0.05) is 18.8 Å². The highest BCUT2D eigenvalue weighted by molar-refractivity contribution is 7.99. The van der Waals surface area contributed by atoms with E-state index in [1.54, 1.807) is 4.90 Å². The minimum absolute atomic E-state index is 0.0746. The number of carbonyl (C=O) groups excluding carboxylic acids is 1. The number of hydrogen-bond donors (Lipinski definition) is 1. The zero-order valence-corrected chi connectivity index (χ0v) is 10.2. The van der Waals surface area contributed by atoms with E-state index in [9.17, 15) is 9.59 Å². The van der Waals surface area contributed by atoms with E-state index in [4.69, 9.17) is 9.84 Å². The zero-order valence-electron chi connectivity index (χ0n) is 9.35. The lowest BCUT2D eigenvalue weighted by Gasteiger charge is -2.31. The van der Waals surface area contributed by atoms with Crippen LogP contribution >= 0.6 is 11.8 Å². The van der Waals surface area contributed by atoms with Crippen molar-refractivity contribution in [1.82, 2.24) is 4.90 Å². The Hall–Kier alpha value is -0.750. The maximum absolute atomic E-state index is 11.7. The average Bonchev–Trinajstić information content (AvgIpc) is 2.24. The number of carboxylic acids is 1. The Kier molecular flexibility index (Phi) is 5.62. The van der Waals surface area contributed by atoms with Crippen LogP contribution in [0.2, 0.25) is 0 Å². The number of rotatable bonds is 5. The van der Waals surface area contributed by atoms with Gasteiger partial charge in [-0.05, 0) is 6.92 Å². The van der Waals surface area contributed by atoms with Gasteiger partial charge in [-0.3, -0.25) is 9.59 Å². The van der Waals surface area contributed by atoms with E-state index in [2.05, 4.69) is 0 Å². The topological polar surface area (TPSA) is 66.8 Å². The molecule has 92 valence electrons. The SMILES string of the molecule is CC1CN(C(=O)CSCCC(=O)O)CCO1. The summed E-state index contributed by atoms with van der Waals surface area (Å²) in [5, 5.41) is 8.44. The second-order valence-electron chi connectivity index (χ2n) is 3.72. The molecule has 1 fully saturated rings. The quantitative estimate of drug-likeness (QED) is 0.714. The maximum atomic E-state index is 11.7. The fraction of sp³-hybridized carbons (Fsp3) is 0.800. The number of nitrogens with zero attached hydrogens (tertiary/aromatic N) is 1. The Morgan fingerprint density at radius 1 is 1.56 bits per heavy atom. The van der Waals surface area contributed by atoms with Gasteiger partial charge in [0.25, 0.3) is 0 Å². The molecule has 0 aromatic rings. The molecule has 1 amide bonds. The van der Waals surface area contributed by atoms with E-state index in [1.165, 1.54) is 11.8 Å². The van der Waals surface area contributed by atoms with E-state index >= 15 is 0 Å². The van der Waals surface area contributed by atoms with Crippen molar-refractivity contribution in [3.05, 3.63) is 0 Å². The molecule has 0 saturated carbocycles. The molecule has 1 unspecified atom stereocenters. The fourth-order valence-electron chi connectivity index (χ4n) is 1.46. The van der Waals surface area contributed by atoms with Gasteiger partial charge in [-0.1, -0.05) is 0 Å². The number of aliphatic carboxylic acids is 1. The van der Waals surface area contributed by atoms with Gasteiger partial charge in [-0.25, -0.2) is 0 Å². The molecule has 0 aliphatic carbocycles. The smallest absolute Gasteiger partial charge is 0.304 e. The van der Waals surface area contributed by atoms with E-state index < -0.39 is 5.97 Å². The van der Waals surface area contributed by atoms with Crippen molar-refractivity contribution in [2.45, 2.75) is 19.4 Å². The molecule has 0 bridgehead atoms. The molecule has 1 saturated heterocycles. The Morgan fingerprint density at radius 3 is 2.94 bits per heavy atom. The minimum Gasteiger partial charge on any atom is -0.481 e. The number of ether oxygens (including phenoxy) is 1. The summed E-state index contributed by atoms with van der Waals surface area (Å²) in [6, 6.07) is 0. The number of thioether (sulfide) groups is 1. The molecule has 6 heteroatoms.